The first-order valence-corrected chi connectivity index (χ1v) is 7.44. The summed E-state index contributed by atoms with van der Waals surface area (Å²) in [5, 5.41) is 14.6. The van der Waals surface area contributed by atoms with E-state index in [0.717, 1.165) is 17.7 Å². The van der Waals surface area contributed by atoms with Crippen LogP contribution in [0.25, 0.3) is 0 Å². The van der Waals surface area contributed by atoms with Crippen molar-refractivity contribution in [3.8, 4) is 5.75 Å². The molecule has 3 N–H and O–H groups in total. The lowest BCUT2D eigenvalue weighted by atomic mass is 10.2. The number of urea groups is 1. The van der Waals surface area contributed by atoms with E-state index in [1.165, 1.54) is 0 Å². The lowest BCUT2D eigenvalue weighted by Crippen LogP contribution is -2.41. The molecule has 0 aliphatic heterocycles. The van der Waals surface area contributed by atoms with E-state index < -0.39 is 6.10 Å². The first kappa shape index (κ1) is 17.3. The third-order valence-electron chi connectivity index (χ3n) is 3.09. The zero-order valence-electron chi connectivity index (χ0n) is 13.1. The summed E-state index contributed by atoms with van der Waals surface area (Å²) in [6, 6.07) is 7.63. The van der Waals surface area contributed by atoms with Crippen molar-refractivity contribution in [2.24, 2.45) is 0 Å². The molecular formula is C16H26N2O3. The van der Waals surface area contributed by atoms with Gasteiger partial charge in [-0.25, -0.2) is 4.79 Å². The topological polar surface area (TPSA) is 70.6 Å². The van der Waals surface area contributed by atoms with Crippen LogP contribution in [0.4, 0.5) is 4.79 Å². The van der Waals surface area contributed by atoms with Gasteiger partial charge in [0.05, 0.1) is 12.6 Å². The standard InChI is InChI=1S/C16H26N2O3/c1-4-14(21-15-7-5-6-12(2)10-15)11-18-16(20)17-9-8-13(3)19/h5-7,10,13-14,19H,4,8-9,11H2,1-3H3,(H2,17,18,20). The lowest BCUT2D eigenvalue weighted by Gasteiger charge is -2.18. The van der Waals surface area contributed by atoms with Gasteiger partial charge in [0.1, 0.15) is 11.9 Å². The maximum absolute atomic E-state index is 11.6. The smallest absolute Gasteiger partial charge is 0.314 e. The molecule has 2 unspecified atom stereocenters. The zero-order chi connectivity index (χ0) is 15.7. The molecule has 0 saturated heterocycles. The summed E-state index contributed by atoms with van der Waals surface area (Å²) < 4.78 is 5.86. The summed E-state index contributed by atoms with van der Waals surface area (Å²) in [6.45, 7) is 6.64. The number of aliphatic hydroxyl groups is 1. The second kappa shape index (κ2) is 9.23. The molecule has 0 aliphatic carbocycles. The van der Waals surface area contributed by atoms with E-state index in [-0.39, 0.29) is 12.1 Å². The van der Waals surface area contributed by atoms with Gasteiger partial charge in [0.15, 0.2) is 0 Å². The van der Waals surface area contributed by atoms with Crippen LogP contribution < -0.4 is 15.4 Å². The van der Waals surface area contributed by atoms with Crippen LogP contribution in [0.2, 0.25) is 0 Å². The van der Waals surface area contributed by atoms with Crippen molar-refractivity contribution in [2.45, 2.75) is 45.8 Å². The van der Waals surface area contributed by atoms with E-state index in [1.54, 1.807) is 6.92 Å². The van der Waals surface area contributed by atoms with Crippen molar-refractivity contribution in [2.75, 3.05) is 13.1 Å². The van der Waals surface area contributed by atoms with Crippen LogP contribution in [0, 0.1) is 6.92 Å². The van der Waals surface area contributed by atoms with Crippen LogP contribution in [-0.4, -0.2) is 36.4 Å². The second-order valence-corrected chi connectivity index (χ2v) is 5.24. The molecule has 21 heavy (non-hydrogen) atoms. The maximum Gasteiger partial charge on any atom is 0.314 e. The quantitative estimate of drug-likeness (QED) is 0.688. The molecule has 0 radical (unpaired) electrons. The molecule has 5 nitrogen and oxygen atoms in total. The van der Waals surface area contributed by atoms with Crippen molar-refractivity contribution < 1.29 is 14.6 Å². The van der Waals surface area contributed by atoms with E-state index in [1.807, 2.05) is 38.1 Å². The number of carbonyl (C=O) groups is 1. The van der Waals surface area contributed by atoms with Gasteiger partial charge < -0.3 is 20.5 Å². The highest BCUT2D eigenvalue weighted by molar-refractivity contribution is 5.73. The molecule has 0 fully saturated rings. The fourth-order valence-corrected chi connectivity index (χ4v) is 1.81. The number of amides is 2. The van der Waals surface area contributed by atoms with Gasteiger partial charge in [-0.1, -0.05) is 19.1 Å². The number of carbonyl (C=O) groups excluding carboxylic acids is 1. The Kier molecular flexibility index (Phi) is 7.61. The number of hydrogen-bond donors (Lipinski definition) is 3. The molecule has 0 heterocycles. The molecule has 1 rings (SSSR count). The van der Waals surface area contributed by atoms with Crippen molar-refractivity contribution in [1.82, 2.24) is 10.6 Å². The number of rotatable bonds is 8. The van der Waals surface area contributed by atoms with E-state index in [9.17, 15) is 4.79 Å². The number of nitrogens with one attached hydrogen (secondary N) is 2. The summed E-state index contributed by atoms with van der Waals surface area (Å²) in [6.07, 6.45) is 0.888. The molecule has 0 aromatic heterocycles. The largest absolute Gasteiger partial charge is 0.489 e. The molecular weight excluding hydrogens is 268 g/mol. The monoisotopic (exact) mass is 294 g/mol. The van der Waals surface area contributed by atoms with E-state index >= 15 is 0 Å². The third kappa shape index (κ3) is 7.56. The molecule has 2 atom stereocenters. The lowest BCUT2D eigenvalue weighted by molar-refractivity contribution is 0.179. The highest BCUT2D eigenvalue weighted by Gasteiger charge is 2.10. The Morgan fingerprint density at radius 3 is 2.76 bits per heavy atom. The Bertz CT molecular complexity index is 435. The van der Waals surface area contributed by atoms with Gasteiger partial charge in [-0.05, 0) is 44.4 Å². The highest BCUT2D eigenvalue weighted by Crippen LogP contribution is 2.15. The Morgan fingerprint density at radius 2 is 2.14 bits per heavy atom. The number of benzene rings is 1. The van der Waals surface area contributed by atoms with Crippen LogP contribution >= 0.6 is 0 Å². The maximum atomic E-state index is 11.6. The minimum Gasteiger partial charge on any atom is -0.489 e. The van der Waals surface area contributed by atoms with Gasteiger partial charge in [0, 0.05) is 6.54 Å². The van der Waals surface area contributed by atoms with Gasteiger partial charge >= 0.3 is 6.03 Å². The fraction of sp³-hybridized carbons (Fsp3) is 0.562. The summed E-state index contributed by atoms with van der Waals surface area (Å²) in [4.78, 5) is 11.6. The SMILES string of the molecule is CCC(CNC(=O)NCCC(C)O)Oc1cccc(C)c1. The fourth-order valence-electron chi connectivity index (χ4n) is 1.81. The van der Waals surface area contributed by atoms with Crippen LogP contribution in [0.3, 0.4) is 0 Å². The average Bonchev–Trinajstić information content (AvgIpc) is 2.43. The summed E-state index contributed by atoms with van der Waals surface area (Å²) >= 11 is 0. The zero-order valence-corrected chi connectivity index (χ0v) is 13.1. The molecule has 1 aromatic carbocycles. The van der Waals surface area contributed by atoms with Crippen LogP contribution in [0.15, 0.2) is 24.3 Å². The molecule has 118 valence electrons. The summed E-state index contributed by atoms with van der Waals surface area (Å²) in [5.74, 6) is 0.818. The Labute approximate surface area is 126 Å². The highest BCUT2D eigenvalue weighted by atomic mass is 16.5. The minimum atomic E-state index is -0.404. The van der Waals surface area contributed by atoms with Gasteiger partial charge in [-0.15, -0.1) is 0 Å². The Balaban J connectivity index is 2.32. The van der Waals surface area contributed by atoms with Crippen molar-refractivity contribution >= 4 is 6.03 Å². The normalized spacial score (nSPS) is 13.3. The van der Waals surface area contributed by atoms with E-state index in [0.29, 0.717) is 19.5 Å². The number of ether oxygens (including phenoxy) is 1. The van der Waals surface area contributed by atoms with Crippen molar-refractivity contribution in [3.63, 3.8) is 0 Å². The number of hydrogen-bond acceptors (Lipinski definition) is 3. The second-order valence-electron chi connectivity index (χ2n) is 5.24. The Morgan fingerprint density at radius 1 is 1.38 bits per heavy atom. The van der Waals surface area contributed by atoms with Crippen LogP contribution in [-0.2, 0) is 0 Å². The summed E-state index contributed by atoms with van der Waals surface area (Å²) in [7, 11) is 0. The van der Waals surface area contributed by atoms with Gasteiger partial charge in [-0.3, -0.25) is 0 Å². The van der Waals surface area contributed by atoms with Crippen molar-refractivity contribution in [3.05, 3.63) is 29.8 Å². The number of aliphatic hydroxyl groups excluding tert-OH is 1. The van der Waals surface area contributed by atoms with Crippen LogP contribution in [0.1, 0.15) is 32.3 Å². The predicted octanol–water partition coefficient (Wildman–Crippen LogP) is 2.22. The molecule has 5 heteroatoms. The van der Waals surface area contributed by atoms with Gasteiger partial charge in [-0.2, -0.15) is 0 Å². The number of aryl methyl sites for hydroxylation is 1. The molecule has 0 saturated carbocycles. The van der Waals surface area contributed by atoms with E-state index in [2.05, 4.69) is 10.6 Å². The molecule has 0 spiro atoms. The average molecular weight is 294 g/mol. The molecule has 0 aliphatic rings. The predicted molar refractivity (Wildman–Crippen MR) is 83.6 cm³/mol. The van der Waals surface area contributed by atoms with Gasteiger partial charge in [0.25, 0.3) is 0 Å². The molecule has 2 amide bonds. The minimum absolute atomic E-state index is 0.0608. The van der Waals surface area contributed by atoms with Crippen molar-refractivity contribution in [1.29, 1.82) is 0 Å². The third-order valence-corrected chi connectivity index (χ3v) is 3.09. The first-order valence-electron chi connectivity index (χ1n) is 7.44. The van der Waals surface area contributed by atoms with Crippen LogP contribution in [0.5, 0.6) is 5.75 Å². The van der Waals surface area contributed by atoms with Gasteiger partial charge in [0.2, 0.25) is 0 Å². The Hall–Kier alpha value is -1.75. The first-order chi connectivity index (χ1) is 10.0. The summed E-state index contributed by atoms with van der Waals surface area (Å²) in [5.41, 5.74) is 1.14. The molecule has 0 bridgehead atoms. The van der Waals surface area contributed by atoms with E-state index in [4.69, 9.17) is 9.84 Å². The molecule has 1 aromatic rings.